The number of benzene rings is 2. The second-order valence-electron chi connectivity index (χ2n) is 6.79. The van der Waals surface area contributed by atoms with Crippen LogP contribution in [0.25, 0.3) is 0 Å². The number of ether oxygens (including phenoxy) is 3. The van der Waals surface area contributed by atoms with Gasteiger partial charge in [-0.3, -0.25) is 4.79 Å². The van der Waals surface area contributed by atoms with E-state index in [0.717, 1.165) is 12.0 Å². The topological polar surface area (TPSA) is 73.9 Å². The molecule has 0 heterocycles. The third kappa shape index (κ3) is 7.31. The second kappa shape index (κ2) is 11.0. The molecule has 0 aromatic heterocycles. The van der Waals surface area contributed by atoms with E-state index in [9.17, 15) is 9.59 Å². The van der Waals surface area contributed by atoms with Gasteiger partial charge >= 0.3 is 5.97 Å². The van der Waals surface area contributed by atoms with Crippen LogP contribution < -0.4 is 14.8 Å². The maximum absolute atomic E-state index is 12.2. The summed E-state index contributed by atoms with van der Waals surface area (Å²) in [4.78, 5) is 24.0. The van der Waals surface area contributed by atoms with Crippen LogP contribution in [0.15, 0.2) is 54.6 Å². The Hall–Kier alpha value is -3.02. The van der Waals surface area contributed by atoms with Gasteiger partial charge in [0.2, 0.25) is 0 Å². The summed E-state index contributed by atoms with van der Waals surface area (Å²) in [5, 5.41) is 2.94. The van der Waals surface area contributed by atoms with Crippen molar-refractivity contribution in [3.05, 3.63) is 60.2 Å². The van der Waals surface area contributed by atoms with E-state index >= 15 is 0 Å². The summed E-state index contributed by atoms with van der Waals surface area (Å²) in [6, 6.07) is 16.5. The van der Waals surface area contributed by atoms with Crippen molar-refractivity contribution in [2.75, 3.05) is 20.3 Å². The van der Waals surface area contributed by atoms with Crippen molar-refractivity contribution in [2.24, 2.45) is 5.92 Å². The second-order valence-corrected chi connectivity index (χ2v) is 6.79. The molecule has 0 aliphatic rings. The monoisotopic (exact) mass is 385 g/mol. The van der Waals surface area contributed by atoms with Gasteiger partial charge < -0.3 is 19.5 Å². The predicted octanol–water partition coefficient (Wildman–Crippen LogP) is 3.52. The summed E-state index contributed by atoms with van der Waals surface area (Å²) in [5.41, 5.74) is 1.03. The summed E-state index contributed by atoms with van der Waals surface area (Å²) in [6.07, 6.45) is 0.796. The number of carbonyl (C=O) groups is 2. The molecule has 0 unspecified atom stereocenters. The summed E-state index contributed by atoms with van der Waals surface area (Å²) in [7, 11) is 1.57. The highest BCUT2D eigenvalue weighted by Crippen LogP contribution is 2.21. The first-order valence-corrected chi connectivity index (χ1v) is 9.24. The Morgan fingerprint density at radius 1 is 0.929 bits per heavy atom. The molecule has 28 heavy (non-hydrogen) atoms. The highest BCUT2D eigenvalue weighted by molar-refractivity contribution is 5.81. The molecule has 0 saturated carbocycles. The zero-order valence-electron chi connectivity index (χ0n) is 16.5. The number of hydrogen-bond donors (Lipinski definition) is 1. The lowest BCUT2D eigenvalue weighted by Gasteiger charge is -2.21. The van der Waals surface area contributed by atoms with E-state index in [2.05, 4.69) is 19.2 Å². The molecule has 0 aliphatic carbocycles. The Balaban J connectivity index is 1.78. The van der Waals surface area contributed by atoms with Crippen molar-refractivity contribution in [1.29, 1.82) is 0 Å². The molecule has 1 atom stereocenters. The molecule has 6 heteroatoms. The molecule has 0 aliphatic heterocycles. The van der Waals surface area contributed by atoms with E-state index in [1.807, 2.05) is 30.3 Å². The fourth-order valence-corrected chi connectivity index (χ4v) is 2.67. The lowest BCUT2D eigenvalue weighted by molar-refractivity contribution is -0.150. The van der Waals surface area contributed by atoms with E-state index in [-0.39, 0.29) is 25.2 Å². The van der Waals surface area contributed by atoms with Gasteiger partial charge in [-0.15, -0.1) is 0 Å². The first-order chi connectivity index (χ1) is 13.5. The van der Waals surface area contributed by atoms with Crippen LogP contribution in [0, 0.1) is 5.92 Å². The maximum Gasteiger partial charge on any atom is 0.344 e. The van der Waals surface area contributed by atoms with Gasteiger partial charge in [-0.25, -0.2) is 4.79 Å². The quantitative estimate of drug-likeness (QED) is 0.634. The minimum atomic E-state index is -0.605. The van der Waals surface area contributed by atoms with Crippen LogP contribution in [0.4, 0.5) is 0 Å². The van der Waals surface area contributed by atoms with E-state index in [1.165, 1.54) is 0 Å². The van der Waals surface area contributed by atoms with Crippen molar-refractivity contribution >= 4 is 11.9 Å². The Morgan fingerprint density at radius 3 is 2.18 bits per heavy atom. The largest absolute Gasteiger partial charge is 0.497 e. The minimum absolute atomic E-state index is 0.122. The number of methoxy groups -OCH3 is 1. The molecule has 2 rings (SSSR count). The van der Waals surface area contributed by atoms with Crippen LogP contribution in [-0.4, -0.2) is 32.2 Å². The molecule has 2 aromatic rings. The zero-order chi connectivity index (χ0) is 20.4. The molecular formula is C22H27NO5. The van der Waals surface area contributed by atoms with Gasteiger partial charge in [-0.2, -0.15) is 0 Å². The van der Waals surface area contributed by atoms with Gasteiger partial charge in [0, 0.05) is 0 Å². The smallest absolute Gasteiger partial charge is 0.344 e. The molecule has 0 spiro atoms. The first-order valence-electron chi connectivity index (χ1n) is 9.24. The Labute approximate surface area is 165 Å². The van der Waals surface area contributed by atoms with Gasteiger partial charge in [-0.05, 0) is 42.2 Å². The molecule has 6 nitrogen and oxygen atoms in total. The fraction of sp³-hybridized carbons (Fsp3) is 0.364. The van der Waals surface area contributed by atoms with Crippen molar-refractivity contribution in [1.82, 2.24) is 5.32 Å². The minimum Gasteiger partial charge on any atom is -0.497 e. The third-order valence-electron chi connectivity index (χ3n) is 4.02. The van der Waals surface area contributed by atoms with E-state index in [4.69, 9.17) is 14.2 Å². The SMILES string of the molecule is COc1ccc(OCC(=O)OCC(=O)N[C@@H](CC(C)C)c2ccccc2)cc1. The number of amides is 1. The van der Waals surface area contributed by atoms with Gasteiger partial charge in [0.25, 0.3) is 5.91 Å². The Bertz CT molecular complexity index is 743. The zero-order valence-corrected chi connectivity index (χ0v) is 16.5. The lowest BCUT2D eigenvalue weighted by Crippen LogP contribution is -2.33. The lowest BCUT2D eigenvalue weighted by atomic mass is 9.97. The highest BCUT2D eigenvalue weighted by Gasteiger charge is 2.17. The normalized spacial score (nSPS) is 11.6. The average Bonchev–Trinajstić information content (AvgIpc) is 2.71. The van der Waals surface area contributed by atoms with Crippen LogP contribution >= 0.6 is 0 Å². The van der Waals surface area contributed by atoms with Crippen molar-refractivity contribution < 1.29 is 23.8 Å². The van der Waals surface area contributed by atoms with Crippen LogP contribution in [0.1, 0.15) is 31.9 Å². The molecule has 0 fully saturated rings. The molecule has 0 saturated heterocycles. The summed E-state index contributed by atoms with van der Waals surface area (Å²) >= 11 is 0. The summed E-state index contributed by atoms with van der Waals surface area (Å²) < 4.78 is 15.4. The Morgan fingerprint density at radius 2 is 1.57 bits per heavy atom. The van der Waals surface area contributed by atoms with Gasteiger partial charge in [0.15, 0.2) is 13.2 Å². The molecule has 0 radical (unpaired) electrons. The maximum atomic E-state index is 12.2. The summed E-state index contributed by atoms with van der Waals surface area (Å²) in [5.74, 6) is 0.675. The van der Waals surface area contributed by atoms with E-state index in [1.54, 1.807) is 31.4 Å². The number of carbonyl (C=O) groups excluding carboxylic acids is 2. The predicted molar refractivity (Wildman–Crippen MR) is 106 cm³/mol. The highest BCUT2D eigenvalue weighted by atomic mass is 16.6. The number of nitrogens with one attached hydrogen (secondary N) is 1. The number of rotatable bonds is 10. The number of hydrogen-bond acceptors (Lipinski definition) is 5. The van der Waals surface area contributed by atoms with Crippen LogP contribution in [0.5, 0.6) is 11.5 Å². The molecule has 0 bridgehead atoms. The molecular weight excluding hydrogens is 358 g/mol. The molecule has 150 valence electrons. The van der Waals surface area contributed by atoms with Crippen molar-refractivity contribution in [2.45, 2.75) is 26.3 Å². The van der Waals surface area contributed by atoms with Crippen molar-refractivity contribution in [3.63, 3.8) is 0 Å². The van der Waals surface area contributed by atoms with Gasteiger partial charge in [0.05, 0.1) is 13.2 Å². The molecule has 1 N–H and O–H groups in total. The Kier molecular flexibility index (Phi) is 8.34. The molecule has 1 amide bonds. The van der Waals surface area contributed by atoms with Crippen molar-refractivity contribution in [3.8, 4) is 11.5 Å². The van der Waals surface area contributed by atoms with E-state index in [0.29, 0.717) is 17.4 Å². The number of esters is 1. The van der Waals surface area contributed by atoms with E-state index < -0.39 is 5.97 Å². The summed E-state index contributed by atoms with van der Waals surface area (Å²) in [6.45, 7) is 3.58. The van der Waals surface area contributed by atoms with Crippen LogP contribution in [0.3, 0.4) is 0 Å². The average molecular weight is 385 g/mol. The van der Waals surface area contributed by atoms with Crippen LogP contribution in [0.2, 0.25) is 0 Å². The molecule has 2 aromatic carbocycles. The standard InChI is InChI=1S/C22H27NO5/c1-16(2)13-20(17-7-5-4-6-8-17)23-21(24)14-28-22(25)15-27-19-11-9-18(26-3)10-12-19/h4-12,16,20H,13-15H2,1-3H3,(H,23,24)/t20-/m0/s1. The van der Waals surface area contributed by atoms with Gasteiger partial charge in [0.1, 0.15) is 11.5 Å². The first kappa shape index (κ1) is 21.3. The van der Waals surface area contributed by atoms with Gasteiger partial charge in [-0.1, -0.05) is 44.2 Å². The fourth-order valence-electron chi connectivity index (χ4n) is 2.67. The third-order valence-corrected chi connectivity index (χ3v) is 4.02. The van der Waals surface area contributed by atoms with Crippen LogP contribution in [-0.2, 0) is 14.3 Å².